The highest BCUT2D eigenvalue weighted by molar-refractivity contribution is 5.97. The first-order valence-corrected chi connectivity index (χ1v) is 17.9. The van der Waals surface area contributed by atoms with Crippen LogP contribution in [0.15, 0.2) is 53.0 Å². The van der Waals surface area contributed by atoms with E-state index in [0.29, 0.717) is 13.1 Å². The summed E-state index contributed by atoms with van der Waals surface area (Å²) in [6.45, 7) is 21.3. The molecule has 1 unspecified atom stereocenters. The number of nitriles is 1. The van der Waals surface area contributed by atoms with Crippen LogP contribution in [0.5, 0.6) is 11.5 Å². The fourth-order valence-corrected chi connectivity index (χ4v) is 7.81. The molecule has 51 heavy (non-hydrogen) atoms. The van der Waals surface area contributed by atoms with Gasteiger partial charge in [0.05, 0.1) is 25.8 Å². The van der Waals surface area contributed by atoms with Crippen molar-refractivity contribution < 1.29 is 14.3 Å². The number of benzene rings is 2. The number of carbonyl (C=O) groups is 1. The summed E-state index contributed by atoms with van der Waals surface area (Å²) in [5, 5.41) is 9.79. The van der Waals surface area contributed by atoms with Crippen molar-refractivity contribution in [3.05, 3.63) is 91.9 Å². The molecule has 0 spiro atoms. The van der Waals surface area contributed by atoms with Crippen molar-refractivity contribution in [3.8, 4) is 28.7 Å². The van der Waals surface area contributed by atoms with Gasteiger partial charge >= 0.3 is 0 Å². The van der Waals surface area contributed by atoms with Gasteiger partial charge in [-0.3, -0.25) is 19.4 Å². The third-order valence-corrected chi connectivity index (χ3v) is 10.8. The lowest BCUT2D eigenvalue weighted by molar-refractivity contribution is -0.129. The molecule has 1 saturated heterocycles. The van der Waals surface area contributed by atoms with Gasteiger partial charge in [0.25, 0.3) is 11.5 Å². The number of hydrogen-bond acceptors (Lipinski definition) is 7. The molecule has 2 aromatic carbocycles. The van der Waals surface area contributed by atoms with Crippen LogP contribution in [-0.2, 0) is 31.4 Å². The topological polar surface area (TPSA) is 91.0 Å². The van der Waals surface area contributed by atoms with E-state index in [4.69, 9.17) is 9.47 Å². The van der Waals surface area contributed by atoms with Crippen molar-refractivity contribution in [3.63, 3.8) is 0 Å². The van der Waals surface area contributed by atoms with Crippen LogP contribution in [0.3, 0.4) is 0 Å². The number of allylic oxidation sites excluding steroid dienone is 1. The quantitative estimate of drug-likeness (QED) is 0.191. The van der Waals surface area contributed by atoms with Crippen LogP contribution < -0.4 is 15.0 Å². The van der Waals surface area contributed by atoms with Crippen LogP contribution >= 0.6 is 0 Å². The summed E-state index contributed by atoms with van der Waals surface area (Å²) in [7, 11) is 5.18. The molecule has 3 heterocycles. The van der Waals surface area contributed by atoms with Crippen molar-refractivity contribution in [2.75, 3.05) is 40.4 Å². The van der Waals surface area contributed by atoms with E-state index in [-0.39, 0.29) is 34.0 Å². The molecule has 0 N–H and O–H groups in total. The van der Waals surface area contributed by atoms with E-state index in [2.05, 4.69) is 67.0 Å². The standard InChI is InChI=1S/C42H55N5O4/c1-27-28(2)39(48)44(9)24-35(27)31-19-37(50-10)36(38(20-31)51-11)25-45-17-18-46(42(7,8)26-45)23-30-13-12-14-33-29(3)47(16-15-34(30)33)40(49)32(22-43)21-41(4,5)6/h12-14,19-21,24,29H,15-18,23,25-26H2,1-11H3/b32-21+. The number of rotatable bonds is 8. The first kappa shape index (κ1) is 37.9. The van der Waals surface area contributed by atoms with Gasteiger partial charge in [-0.1, -0.05) is 45.0 Å². The zero-order valence-corrected chi connectivity index (χ0v) is 32.4. The largest absolute Gasteiger partial charge is 0.496 e. The molecule has 272 valence electrons. The van der Waals surface area contributed by atoms with E-state index < -0.39 is 0 Å². The highest BCUT2D eigenvalue weighted by Crippen LogP contribution is 2.39. The van der Waals surface area contributed by atoms with E-state index in [9.17, 15) is 14.9 Å². The number of fused-ring (bicyclic) bond motifs is 1. The number of amides is 1. The highest BCUT2D eigenvalue weighted by Gasteiger charge is 2.36. The molecule has 0 bridgehead atoms. The van der Waals surface area contributed by atoms with E-state index >= 15 is 0 Å². The van der Waals surface area contributed by atoms with Gasteiger partial charge in [0.2, 0.25) is 0 Å². The Bertz CT molecular complexity index is 1920. The molecule has 1 atom stereocenters. The Kier molecular flexibility index (Phi) is 10.9. The molecule has 1 fully saturated rings. The Labute approximate surface area is 304 Å². The normalized spacial score (nSPS) is 18.3. The van der Waals surface area contributed by atoms with Crippen LogP contribution in [0.1, 0.15) is 81.0 Å². The Hall–Kier alpha value is -4.39. The molecule has 1 amide bonds. The number of hydrogen-bond donors (Lipinski definition) is 0. The van der Waals surface area contributed by atoms with E-state index in [1.165, 1.54) is 16.7 Å². The lowest BCUT2D eigenvalue weighted by Gasteiger charge is -2.48. The number of pyridine rings is 1. The monoisotopic (exact) mass is 693 g/mol. The van der Waals surface area contributed by atoms with Crippen LogP contribution in [0.2, 0.25) is 0 Å². The lowest BCUT2D eigenvalue weighted by Crippen LogP contribution is -2.58. The molecule has 0 aliphatic carbocycles. The third-order valence-electron chi connectivity index (χ3n) is 10.8. The number of piperazine rings is 1. The fraction of sp³-hybridized carbons (Fsp3) is 0.500. The molecule has 1 aromatic heterocycles. The van der Waals surface area contributed by atoms with Gasteiger partial charge in [0.15, 0.2) is 0 Å². The average Bonchev–Trinajstić information content (AvgIpc) is 3.08. The van der Waals surface area contributed by atoms with Crippen molar-refractivity contribution in [1.29, 1.82) is 5.26 Å². The highest BCUT2D eigenvalue weighted by atomic mass is 16.5. The Morgan fingerprint density at radius 2 is 1.71 bits per heavy atom. The third kappa shape index (κ3) is 7.78. The minimum Gasteiger partial charge on any atom is -0.496 e. The van der Waals surface area contributed by atoms with Gasteiger partial charge < -0.3 is 18.9 Å². The number of aryl methyl sites for hydroxylation is 1. The SMILES string of the molecule is COc1cc(-c2cn(C)c(=O)c(C)c2C)cc(OC)c1CN1CCN(Cc2cccc3c2CCN(C(=O)/C(C#N)=C/C(C)(C)C)C3C)C(C)(C)C1. The smallest absolute Gasteiger partial charge is 0.264 e. The summed E-state index contributed by atoms with van der Waals surface area (Å²) in [4.78, 5) is 32.9. The molecule has 9 nitrogen and oxygen atoms in total. The van der Waals surface area contributed by atoms with Crippen molar-refractivity contribution in [2.24, 2.45) is 12.5 Å². The maximum absolute atomic E-state index is 13.5. The van der Waals surface area contributed by atoms with Crippen molar-refractivity contribution >= 4 is 5.91 Å². The first-order valence-electron chi connectivity index (χ1n) is 17.9. The summed E-state index contributed by atoms with van der Waals surface area (Å²) in [6.07, 6.45) is 4.44. The van der Waals surface area contributed by atoms with E-state index in [1.54, 1.807) is 31.9 Å². The molecule has 0 saturated carbocycles. The van der Waals surface area contributed by atoms with E-state index in [1.807, 2.05) is 45.7 Å². The summed E-state index contributed by atoms with van der Waals surface area (Å²) in [5.41, 5.74) is 8.29. The van der Waals surface area contributed by atoms with Crippen molar-refractivity contribution in [2.45, 2.75) is 86.5 Å². The summed E-state index contributed by atoms with van der Waals surface area (Å²) < 4.78 is 13.6. The predicted octanol–water partition coefficient (Wildman–Crippen LogP) is 6.72. The van der Waals surface area contributed by atoms with Gasteiger partial charge in [-0.25, -0.2) is 0 Å². The second-order valence-corrected chi connectivity index (χ2v) is 16.0. The second-order valence-electron chi connectivity index (χ2n) is 16.0. The Balaban J connectivity index is 1.33. The minimum absolute atomic E-state index is 0.00762. The van der Waals surface area contributed by atoms with Gasteiger partial charge in [-0.15, -0.1) is 0 Å². The molecule has 9 heteroatoms. The van der Waals surface area contributed by atoms with Crippen molar-refractivity contribution in [1.82, 2.24) is 19.3 Å². The molecule has 3 aromatic rings. The maximum atomic E-state index is 13.5. The lowest BCUT2D eigenvalue weighted by atomic mass is 9.87. The molecule has 2 aliphatic rings. The fourth-order valence-electron chi connectivity index (χ4n) is 7.81. The van der Waals surface area contributed by atoms with E-state index in [0.717, 1.165) is 71.9 Å². The number of aromatic nitrogens is 1. The molecule has 2 aliphatic heterocycles. The number of ether oxygens (including phenoxy) is 2. The molecular formula is C42H55N5O4. The van der Waals surface area contributed by atoms with Gasteiger partial charge in [-0.2, -0.15) is 5.26 Å². The Morgan fingerprint density at radius 3 is 2.29 bits per heavy atom. The summed E-state index contributed by atoms with van der Waals surface area (Å²) >= 11 is 0. The van der Waals surface area contributed by atoms with Gasteiger partial charge in [0, 0.05) is 69.2 Å². The average molecular weight is 694 g/mol. The zero-order valence-electron chi connectivity index (χ0n) is 32.4. The summed E-state index contributed by atoms with van der Waals surface area (Å²) in [5.74, 6) is 1.35. The number of carbonyl (C=O) groups excluding carboxylic acids is 1. The molecular weight excluding hydrogens is 638 g/mol. The summed E-state index contributed by atoms with van der Waals surface area (Å²) in [6, 6.07) is 12.6. The second kappa shape index (κ2) is 14.7. The zero-order chi connectivity index (χ0) is 37.4. The van der Waals surface area contributed by atoms with Crippen LogP contribution in [0.4, 0.5) is 0 Å². The first-order chi connectivity index (χ1) is 24.0. The molecule has 0 radical (unpaired) electrons. The van der Waals surface area contributed by atoms with Crippen LogP contribution in [0, 0.1) is 30.6 Å². The predicted molar refractivity (Wildman–Crippen MR) is 203 cm³/mol. The molecule has 5 rings (SSSR count). The van der Waals surface area contributed by atoms with Crippen LogP contribution in [-0.4, -0.2) is 71.1 Å². The maximum Gasteiger partial charge on any atom is 0.264 e. The number of methoxy groups -OCH3 is 2. The minimum atomic E-state index is -0.256. The van der Waals surface area contributed by atoms with Crippen LogP contribution in [0.25, 0.3) is 11.1 Å². The van der Waals surface area contributed by atoms with Gasteiger partial charge in [-0.05, 0) is 86.4 Å². The van der Waals surface area contributed by atoms with Gasteiger partial charge in [0.1, 0.15) is 23.1 Å². The Morgan fingerprint density at radius 1 is 1.04 bits per heavy atom. The number of nitrogens with zero attached hydrogens (tertiary/aromatic N) is 5.